The van der Waals surface area contributed by atoms with Gasteiger partial charge in [0.1, 0.15) is 0 Å². The van der Waals surface area contributed by atoms with Crippen molar-refractivity contribution in [1.29, 1.82) is 0 Å². The molecule has 0 aromatic carbocycles. The van der Waals surface area contributed by atoms with Crippen LogP contribution in [-0.4, -0.2) is 11.7 Å². The number of amides is 1. The van der Waals surface area contributed by atoms with Gasteiger partial charge in [-0.2, -0.15) is 11.8 Å². The molecule has 0 saturated carbocycles. The lowest BCUT2D eigenvalue weighted by atomic mass is 10.2. The molecule has 0 atom stereocenters. The van der Waals surface area contributed by atoms with Gasteiger partial charge in [-0.25, -0.2) is 0 Å². The van der Waals surface area contributed by atoms with Crippen LogP contribution in [0.2, 0.25) is 0 Å². The molecule has 80 valence electrons. The molecule has 2 heterocycles. The minimum Gasteiger partial charge on any atom is -0.348 e. The number of nitrogens with one attached hydrogen (secondary N) is 1. The van der Waals surface area contributed by atoms with Crippen LogP contribution in [0.3, 0.4) is 0 Å². The van der Waals surface area contributed by atoms with Gasteiger partial charge in [-0.1, -0.05) is 6.58 Å². The van der Waals surface area contributed by atoms with Crippen molar-refractivity contribution in [2.45, 2.75) is 18.7 Å². The van der Waals surface area contributed by atoms with Crippen molar-refractivity contribution < 1.29 is 4.79 Å². The Labute approximate surface area is 97.8 Å². The third-order valence-electron chi connectivity index (χ3n) is 2.30. The Morgan fingerprint density at radius 1 is 1.67 bits per heavy atom. The van der Waals surface area contributed by atoms with Gasteiger partial charge in [-0.15, -0.1) is 11.3 Å². The van der Waals surface area contributed by atoms with Crippen LogP contribution in [-0.2, 0) is 23.5 Å². The molecule has 2 rings (SSSR count). The molecule has 1 amide bonds. The molecule has 2 nitrogen and oxygen atoms in total. The number of aryl methyl sites for hydroxylation is 1. The average molecular weight is 239 g/mol. The Kier molecular flexibility index (Phi) is 3.49. The monoisotopic (exact) mass is 239 g/mol. The van der Waals surface area contributed by atoms with Crippen molar-refractivity contribution in [2.75, 3.05) is 5.75 Å². The normalized spacial score (nSPS) is 14.4. The van der Waals surface area contributed by atoms with E-state index in [2.05, 4.69) is 18.0 Å². The van der Waals surface area contributed by atoms with Gasteiger partial charge in [0.2, 0.25) is 5.91 Å². The van der Waals surface area contributed by atoms with E-state index < -0.39 is 0 Å². The average Bonchev–Trinajstić information content (AvgIpc) is 2.68. The molecule has 0 aliphatic carbocycles. The zero-order chi connectivity index (χ0) is 10.7. The van der Waals surface area contributed by atoms with Gasteiger partial charge in [0, 0.05) is 15.5 Å². The number of carbonyl (C=O) groups is 1. The summed E-state index contributed by atoms with van der Waals surface area (Å²) in [7, 11) is 0. The van der Waals surface area contributed by atoms with Gasteiger partial charge in [-0.05, 0) is 29.9 Å². The van der Waals surface area contributed by atoms with Crippen LogP contribution < -0.4 is 5.32 Å². The Balaban J connectivity index is 2.00. The largest absolute Gasteiger partial charge is 0.348 e. The van der Waals surface area contributed by atoms with Crippen molar-refractivity contribution in [1.82, 2.24) is 5.32 Å². The fourth-order valence-corrected chi connectivity index (χ4v) is 3.86. The smallest absolute Gasteiger partial charge is 0.243 e. The molecule has 4 heteroatoms. The van der Waals surface area contributed by atoms with Crippen LogP contribution in [0.25, 0.3) is 0 Å². The highest BCUT2D eigenvalue weighted by molar-refractivity contribution is 7.98. The summed E-state index contributed by atoms with van der Waals surface area (Å²) in [6.45, 7) is 4.06. The van der Waals surface area contributed by atoms with E-state index in [4.69, 9.17) is 0 Å². The Bertz CT molecular complexity index is 360. The zero-order valence-electron chi connectivity index (χ0n) is 8.41. The first-order chi connectivity index (χ1) is 7.29. The molecule has 1 aliphatic heterocycles. The summed E-state index contributed by atoms with van der Waals surface area (Å²) in [6, 6.07) is 2.22. The Morgan fingerprint density at radius 3 is 3.27 bits per heavy atom. The number of thioether (sulfide) groups is 1. The van der Waals surface area contributed by atoms with Crippen molar-refractivity contribution >= 4 is 29.0 Å². The highest BCUT2D eigenvalue weighted by atomic mass is 32.2. The quantitative estimate of drug-likeness (QED) is 0.820. The maximum atomic E-state index is 11.0. The number of hydrogen-bond donors (Lipinski definition) is 1. The summed E-state index contributed by atoms with van der Waals surface area (Å²) in [5, 5.41) is 2.80. The first kappa shape index (κ1) is 10.8. The third-order valence-corrected chi connectivity index (χ3v) is 4.55. The lowest BCUT2D eigenvalue weighted by Crippen LogP contribution is -2.19. The second kappa shape index (κ2) is 4.86. The van der Waals surface area contributed by atoms with E-state index in [-0.39, 0.29) is 5.91 Å². The molecule has 1 aliphatic rings. The topological polar surface area (TPSA) is 29.1 Å². The minimum absolute atomic E-state index is 0.101. The highest BCUT2D eigenvalue weighted by Gasteiger charge is 2.13. The first-order valence-electron chi connectivity index (χ1n) is 4.88. The number of hydrogen-bond acceptors (Lipinski definition) is 3. The molecule has 0 spiro atoms. The van der Waals surface area contributed by atoms with Crippen molar-refractivity contribution in [3.63, 3.8) is 0 Å². The molecule has 0 fully saturated rings. The predicted octanol–water partition coefficient (Wildman–Crippen LogP) is 2.34. The number of thiophene rings is 1. The van der Waals surface area contributed by atoms with Crippen LogP contribution in [0.1, 0.15) is 15.3 Å². The predicted molar refractivity (Wildman–Crippen MR) is 66.2 cm³/mol. The second-order valence-corrected chi connectivity index (χ2v) is 5.71. The van der Waals surface area contributed by atoms with Gasteiger partial charge in [0.05, 0.1) is 6.54 Å². The van der Waals surface area contributed by atoms with Crippen molar-refractivity contribution in [3.05, 3.63) is 34.0 Å². The standard InChI is InChI=1S/C11H13NOS2/c1-2-11(13)12-6-9-5-8-7-14-4-3-10(8)15-9/h2,5H,1,3-4,6-7H2,(H,12,13). The van der Waals surface area contributed by atoms with Crippen LogP contribution >= 0.6 is 23.1 Å². The van der Waals surface area contributed by atoms with Crippen LogP contribution in [0.5, 0.6) is 0 Å². The summed E-state index contributed by atoms with van der Waals surface area (Å²) < 4.78 is 0. The Morgan fingerprint density at radius 2 is 2.53 bits per heavy atom. The summed E-state index contributed by atoms with van der Waals surface area (Å²) >= 11 is 3.81. The number of carbonyl (C=O) groups excluding carboxylic acids is 1. The first-order valence-corrected chi connectivity index (χ1v) is 6.85. The van der Waals surface area contributed by atoms with Crippen molar-refractivity contribution in [3.8, 4) is 0 Å². The van der Waals surface area contributed by atoms with Gasteiger partial charge >= 0.3 is 0 Å². The molecular weight excluding hydrogens is 226 g/mol. The van der Waals surface area contributed by atoms with Gasteiger partial charge in [0.15, 0.2) is 0 Å². The van der Waals surface area contributed by atoms with Crippen LogP contribution in [0, 0.1) is 0 Å². The third kappa shape index (κ3) is 2.63. The molecule has 0 unspecified atom stereocenters. The van der Waals surface area contributed by atoms with E-state index in [0.717, 1.165) is 5.75 Å². The van der Waals surface area contributed by atoms with E-state index in [1.807, 2.05) is 23.1 Å². The maximum absolute atomic E-state index is 11.0. The molecule has 1 aromatic rings. The molecule has 0 bridgehead atoms. The zero-order valence-corrected chi connectivity index (χ0v) is 10.0. The van der Waals surface area contributed by atoms with E-state index >= 15 is 0 Å². The lowest BCUT2D eigenvalue weighted by Gasteiger charge is -2.08. The van der Waals surface area contributed by atoms with E-state index in [9.17, 15) is 4.79 Å². The lowest BCUT2D eigenvalue weighted by molar-refractivity contribution is -0.116. The summed E-state index contributed by atoms with van der Waals surface area (Å²) in [6.07, 6.45) is 2.49. The second-order valence-electron chi connectivity index (χ2n) is 3.39. The van der Waals surface area contributed by atoms with Crippen molar-refractivity contribution in [2.24, 2.45) is 0 Å². The molecule has 15 heavy (non-hydrogen) atoms. The summed E-state index contributed by atoms with van der Waals surface area (Å²) in [4.78, 5) is 13.7. The number of rotatable bonds is 3. The minimum atomic E-state index is -0.101. The highest BCUT2D eigenvalue weighted by Crippen LogP contribution is 2.31. The molecule has 1 aromatic heterocycles. The van der Waals surface area contributed by atoms with E-state index in [1.54, 1.807) is 0 Å². The van der Waals surface area contributed by atoms with Gasteiger partial charge in [0.25, 0.3) is 0 Å². The summed E-state index contributed by atoms with van der Waals surface area (Å²) in [5.74, 6) is 2.25. The molecule has 0 radical (unpaired) electrons. The summed E-state index contributed by atoms with van der Waals surface area (Å²) in [5.41, 5.74) is 1.46. The number of fused-ring (bicyclic) bond motifs is 1. The fraction of sp³-hybridized carbons (Fsp3) is 0.364. The molecule has 0 saturated heterocycles. The van der Waals surface area contributed by atoms with E-state index in [0.29, 0.717) is 6.54 Å². The van der Waals surface area contributed by atoms with Gasteiger partial charge in [-0.3, -0.25) is 4.79 Å². The Hall–Kier alpha value is -0.740. The fourth-order valence-electron chi connectivity index (χ4n) is 1.54. The van der Waals surface area contributed by atoms with Crippen LogP contribution in [0.4, 0.5) is 0 Å². The maximum Gasteiger partial charge on any atom is 0.243 e. The van der Waals surface area contributed by atoms with Crippen LogP contribution in [0.15, 0.2) is 18.7 Å². The SMILES string of the molecule is C=CC(=O)NCc1cc2c(s1)CCSC2. The molecular formula is C11H13NOS2. The van der Waals surface area contributed by atoms with Gasteiger partial charge < -0.3 is 5.32 Å². The van der Waals surface area contributed by atoms with E-state index in [1.165, 1.54) is 33.6 Å². The molecule has 1 N–H and O–H groups in total.